The Labute approximate surface area is 139 Å². The third kappa shape index (κ3) is 3.03. The Hall–Kier alpha value is -0.650. The van der Waals surface area contributed by atoms with Crippen LogP contribution in [0, 0.1) is 0 Å². The van der Waals surface area contributed by atoms with Gasteiger partial charge in [-0.25, -0.2) is 0 Å². The molecule has 2 unspecified atom stereocenters. The maximum Gasteiger partial charge on any atom is 0.224 e. The molecule has 1 saturated carbocycles. The van der Waals surface area contributed by atoms with Gasteiger partial charge in [0.2, 0.25) is 5.91 Å². The zero-order valence-corrected chi connectivity index (χ0v) is 14.3. The molecule has 0 aromatic heterocycles. The number of morpholine rings is 1. The van der Waals surface area contributed by atoms with E-state index < -0.39 is 0 Å². The van der Waals surface area contributed by atoms with E-state index in [0.717, 1.165) is 52.2 Å². The average Bonchev–Trinajstić information content (AvgIpc) is 3.12. The summed E-state index contributed by atoms with van der Waals surface area (Å²) in [5.74, 6) is 0.426. The molecule has 4 aliphatic rings. The predicted molar refractivity (Wildman–Crippen MR) is 89.4 cm³/mol. The Bertz CT molecular complexity index is 416. The van der Waals surface area contributed by atoms with Gasteiger partial charge in [0.15, 0.2) is 0 Å². The Morgan fingerprint density at radius 1 is 1.09 bits per heavy atom. The van der Waals surface area contributed by atoms with Crippen molar-refractivity contribution in [3.8, 4) is 0 Å². The van der Waals surface area contributed by atoms with Crippen molar-refractivity contribution in [2.24, 2.45) is 0 Å². The molecule has 0 spiro atoms. The molecular weight excluding hydrogens is 290 g/mol. The maximum atomic E-state index is 13.3. The van der Waals surface area contributed by atoms with Gasteiger partial charge in [0, 0.05) is 43.7 Å². The van der Waals surface area contributed by atoms with Gasteiger partial charge in [-0.15, -0.1) is 0 Å². The van der Waals surface area contributed by atoms with Crippen molar-refractivity contribution >= 4 is 5.91 Å². The molecule has 3 heterocycles. The van der Waals surface area contributed by atoms with E-state index in [-0.39, 0.29) is 5.54 Å². The van der Waals surface area contributed by atoms with Crippen LogP contribution < -0.4 is 5.32 Å². The second-order valence-electron chi connectivity index (χ2n) is 7.89. The van der Waals surface area contributed by atoms with Crippen molar-refractivity contribution in [2.75, 3.05) is 39.4 Å². The molecule has 1 aliphatic carbocycles. The van der Waals surface area contributed by atoms with Crippen LogP contribution in [-0.4, -0.2) is 72.7 Å². The van der Waals surface area contributed by atoms with Crippen LogP contribution >= 0.6 is 0 Å². The van der Waals surface area contributed by atoms with Crippen LogP contribution in [0.2, 0.25) is 0 Å². The fourth-order valence-electron chi connectivity index (χ4n) is 5.44. The molecule has 3 aliphatic heterocycles. The second-order valence-corrected chi connectivity index (χ2v) is 7.89. The summed E-state index contributed by atoms with van der Waals surface area (Å²) in [7, 11) is 0. The van der Waals surface area contributed by atoms with Gasteiger partial charge in [-0.3, -0.25) is 9.69 Å². The molecule has 4 rings (SSSR count). The number of fused-ring (bicyclic) bond motifs is 2. The van der Waals surface area contributed by atoms with Crippen LogP contribution in [-0.2, 0) is 9.53 Å². The SMILES string of the molecule is O=C(CC1(N2CCOCC2)CCCC1)N1C2CCNCC1CC2. The first-order valence-corrected chi connectivity index (χ1v) is 9.63. The number of nitrogens with zero attached hydrogens (tertiary/aromatic N) is 2. The Kier molecular flexibility index (Phi) is 4.61. The third-order valence-corrected chi connectivity index (χ3v) is 6.64. The monoisotopic (exact) mass is 321 g/mol. The van der Waals surface area contributed by atoms with E-state index in [1.165, 1.54) is 38.5 Å². The molecule has 1 amide bonds. The Balaban J connectivity index is 1.49. The first kappa shape index (κ1) is 15.9. The largest absolute Gasteiger partial charge is 0.379 e. The average molecular weight is 321 g/mol. The molecule has 5 nitrogen and oxygen atoms in total. The van der Waals surface area contributed by atoms with Gasteiger partial charge in [-0.2, -0.15) is 0 Å². The number of hydrogen-bond donors (Lipinski definition) is 1. The van der Waals surface area contributed by atoms with Gasteiger partial charge >= 0.3 is 0 Å². The van der Waals surface area contributed by atoms with Crippen LogP contribution in [0.4, 0.5) is 0 Å². The summed E-state index contributed by atoms with van der Waals surface area (Å²) in [4.78, 5) is 18.1. The van der Waals surface area contributed by atoms with Gasteiger partial charge in [-0.05, 0) is 38.6 Å². The number of ether oxygens (including phenoxy) is 1. The topological polar surface area (TPSA) is 44.8 Å². The van der Waals surface area contributed by atoms with Crippen molar-refractivity contribution in [3.63, 3.8) is 0 Å². The van der Waals surface area contributed by atoms with Crippen molar-refractivity contribution in [3.05, 3.63) is 0 Å². The first-order valence-electron chi connectivity index (χ1n) is 9.63. The number of nitrogens with one attached hydrogen (secondary N) is 1. The van der Waals surface area contributed by atoms with Crippen molar-refractivity contribution in [2.45, 2.75) is 69.0 Å². The lowest BCUT2D eigenvalue weighted by Gasteiger charge is -2.44. The molecule has 0 radical (unpaired) electrons. The highest BCUT2D eigenvalue weighted by Gasteiger charge is 2.45. The minimum absolute atomic E-state index is 0.125. The highest BCUT2D eigenvalue weighted by molar-refractivity contribution is 5.78. The molecule has 0 aromatic rings. The summed E-state index contributed by atoms with van der Waals surface area (Å²) in [6.45, 7) is 5.72. The van der Waals surface area contributed by atoms with Crippen LogP contribution in [0.25, 0.3) is 0 Å². The smallest absolute Gasteiger partial charge is 0.224 e. The molecule has 23 heavy (non-hydrogen) atoms. The van der Waals surface area contributed by atoms with Gasteiger partial charge < -0.3 is 15.0 Å². The minimum atomic E-state index is 0.125. The van der Waals surface area contributed by atoms with Gasteiger partial charge in [0.1, 0.15) is 0 Å². The van der Waals surface area contributed by atoms with Crippen LogP contribution in [0.5, 0.6) is 0 Å². The fraction of sp³-hybridized carbons (Fsp3) is 0.944. The maximum absolute atomic E-state index is 13.3. The van der Waals surface area contributed by atoms with E-state index in [4.69, 9.17) is 4.74 Å². The van der Waals surface area contributed by atoms with E-state index in [1.54, 1.807) is 0 Å². The van der Waals surface area contributed by atoms with Gasteiger partial charge in [-0.1, -0.05) is 12.8 Å². The Morgan fingerprint density at radius 2 is 1.83 bits per heavy atom. The number of hydrogen-bond acceptors (Lipinski definition) is 4. The molecule has 4 fully saturated rings. The zero-order valence-electron chi connectivity index (χ0n) is 14.3. The van der Waals surface area contributed by atoms with E-state index in [0.29, 0.717) is 18.0 Å². The van der Waals surface area contributed by atoms with E-state index in [1.807, 2.05) is 0 Å². The summed E-state index contributed by atoms with van der Waals surface area (Å²) in [5, 5.41) is 3.51. The third-order valence-electron chi connectivity index (χ3n) is 6.64. The molecule has 130 valence electrons. The number of rotatable bonds is 3. The lowest BCUT2D eigenvalue weighted by atomic mass is 9.89. The molecular formula is C18H31N3O2. The summed E-state index contributed by atoms with van der Waals surface area (Å²) < 4.78 is 5.54. The van der Waals surface area contributed by atoms with Crippen LogP contribution in [0.1, 0.15) is 51.4 Å². The standard InChI is InChI=1S/C18H31N3O2/c22-17(21-15-3-4-16(21)14-19-8-5-15)13-18(6-1-2-7-18)20-9-11-23-12-10-20/h15-16,19H,1-14H2. The lowest BCUT2D eigenvalue weighted by molar-refractivity contribution is -0.138. The van der Waals surface area contributed by atoms with E-state index in [9.17, 15) is 4.79 Å². The van der Waals surface area contributed by atoms with E-state index >= 15 is 0 Å². The number of carbonyl (C=O) groups excluding carboxylic acids is 1. The molecule has 1 N–H and O–H groups in total. The number of carbonyl (C=O) groups is 1. The number of amides is 1. The summed E-state index contributed by atoms with van der Waals surface area (Å²) >= 11 is 0. The van der Waals surface area contributed by atoms with Gasteiger partial charge in [0.05, 0.1) is 13.2 Å². The Morgan fingerprint density at radius 3 is 2.61 bits per heavy atom. The molecule has 2 bridgehead atoms. The molecule has 0 aromatic carbocycles. The summed E-state index contributed by atoms with van der Waals surface area (Å²) in [6.07, 6.45) is 9.21. The normalized spacial score (nSPS) is 34.5. The zero-order chi connectivity index (χ0) is 15.7. The molecule has 2 atom stereocenters. The predicted octanol–water partition coefficient (Wildman–Crippen LogP) is 1.37. The minimum Gasteiger partial charge on any atom is -0.379 e. The highest BCUT2D eigenvalue weighted by Crippen LogP contribution is 2.40. The highest BCUT2D eigenvalue weighted by atomic mass is 16.5. The van der Waals surface area contributed by atoms with Crippen LogP contribution in [0.15, 0.2) is 0 Å². The van der Waals surface area contributed by atoms with Crippen molar-refractivity contribution in [1.82, 2.24) is 15.1 Å². The fourth-order valence-corrected chi connectivity index (χ4v) is 5.44. The van der Waals surface area contributed by atoms with E-state index in [2.05, 4.69) is 15.1 Å². The quantitative estimate of drug-likeness (QED) is 0.853. The molecule has 5 heteroatoms. The summed E-state index contributed by atoms with van der Waals surface area (Å²) in [6, 6.07) is 0.934. The summed E-state index contributed by atoms with van der Waals surface area (Å²) in [5.41, 5.74) is 0.125. The lowest BCUT2D eigenvalue weighted by Crippen LogP contribution is -2.55. The van der Waals surface area contributed by atoms with Crippen molar-refractivity contribution in [1.29, 1.82) is 0 Å². The molecule has 3 saturated heterocycles. The van der Waals surface area contributed by atoms with Gasteiger partial charge in [0.25, 0.3) is 0 Å². The van der Waals surface area contributed by atoms with Crippen LogP contribution in [0.3, 0.4) is 0 Å². The first-order chi connectivity index (χ1) is 11.3. The van der Waals surface area contributed by atoms with Crippen molar-refractivity contribution < 1.29 is 9.53 Å². The second kappa shape index (κ2) is 6.69.